The Bertz CT molecular complexity index is 899. The van der Waals surface area contributed by atoms with Crippen LogP contribution in [0.4, 0.5) is 5.69 Å². The van der Waals surface area contributed by atoms with Crippen LogP contribution in [0.2, 0.25) is 0 Å². The number of rotatable bonds is 5. The van der Waals surface area contributed by atoms with E-state index in [-0.39, 0.29) is 11.8 Å². The van der Waals surface area contributed by atoms with Crippen molar-refractivity contribution >= 4 is 5.69 Å². The lowest BCUT2D eigenvalue weighted by Crippen LogP contribution is -1.95. The molecule has 1 saturated heterocycles. The molecular weight excluding hydrogens is 338 g/mol. The molecule has 1 aromatic heterocycles. The van der Waals surface area contributed by atoms with Crippen LogP contribution in [0.25, 0.3) is 11.4 Å². The molecule has 2 heterocycles. The van der Waals surface area contributed by atoms with E-state index < -0.39 is 4.92 Å². The van der Waals surface area contributed by atoms with Crippen LogP contribution in [-0.4, -0.2) is 21.7 Å². The zero-order valence-electron chi connectivity index (χ0n) is 13.7. The summed E-state index contributed by atoms with van der Waals surface area (Å²) in [5.41, 5.74) is 0.820. The molecule has 0 N–H and O–H groups in total. The van der Waals surface area contributed by atoms with Crippen molar-refractivity contribution in [2.24, 2.45) is 0 Å². The molecule has 0 amide bonds. The van der Waals surface area contributed by atoms with E-state index in [0.717, 1.165) is 25.0 Å². The molecule has 132 valence electrons. The summed E-state index contributed by atoms with van der Waals surface area (Å²) in [5.74, 6) is 2.12. The summed E-state index contributed by atoms with van der Waals surface area (Å²) in [6.07, 6.45) is 1.78. The highest BCUT2D eigenvalue weighted by Crippen LogP contribution is 2.30. The molecule has 1 fully saturated rings. The lowest BCUT2D eigenvalue weighted by atomic mass is 10.2. The number of benzene rings is 2. The first-order valence-electron chi connectivity index (χ1n) is 8.17. The van der Waals surface area contributed by atoms with Crippen molar-refractivity contribution in [3.8, 4) is 22.9 Å². The molecule has 1 atom stereocenters. The van der Waals surface area contributed by atoms with Gasteiger partial charge in [-0.3, -0.25) is 10.1 Å². The average Bonchev–Trinajstić information content (AvgIpc) is 3.34. The van der Waals surface area contributed by atoms with Gasteiger partial charge in [-0.25, -0.2) is 0 Å². The molecule has 0 radical (unpaired) electrons. The van der Waals surface area contributed by atoms with E-state index >= 15 is 0 Å². The standard InChI is InChI=1S/C18H15N3O5/c22-21(23)13-5-9-15(10-6-13)25-14-7-3-12(4-8-14)17-19-18(26-20-17)16-2-1-11-24-16/h3-10,16H,1-2,11H2. The fraction of sp³-hybridized carbons (Fsp3) is 0.222. The smallest absolute Gasteiger partial charge is 0.269 e. The van der Waals surface area contributed by atoms with Crippen LogP contribution in [0.1, 0.15) is 24.8 Å². The summed E-state index contributed by atoms with van der Waals surface area (Å²) < 4.78 is 16.5. The molecule has 0 saturated carbocycles. The summed E-state index contributed by atoms with van der Waals surface area (Å²) in [5, 5.41) is 14.7. The first kappa shape index (κ1) is 16.2. The molecule has 1 aliphatic heterocycles. The third-order valence-corrected chi connectivity index (χ3v) is 4.04. The summed E-state index contributed by atoms with van der Waals surface area (Å²) in [6, 6.07) is 13.1. The summed E-state index contributed by atoms with van der Waals surface area (Å²) in [7, 11) is 0. The van der Waals surface area contributed by atoms with Gasteiger partial charge in [0, 0.05) is 24.3 Å². The number of nitrogens with zero attached hydrogens (tertiary/aromatic N) is 3. The SMILES string of the molecule is O=[N+]([O-])c1ccc(Oc2ccc(-c3noc(C4CCCO4)n3)cc2)cc1. The molecule has 0 spiro atoms. The van der Waals surface area contributed by atoms with Gasteiger partial charge in [0.2, 0.25) is 5.82 Å². The Morgan fingerprint density at radius 2 is 1.77 bits per heavy atom. The van der Waals surface area contributed by atoms with Crippen LogP contribution < -0.4 is 4.74 Å². The Labute approximate surface area is 148 Å². The molecule has 3 aromatic rings. The van der Waals surface area contributed by atoms with Crippen molar-refractivity contribution in [1.29, 1.82) is 0 Å². The maximum absolute atomic E-state index is 10.7. The van der Waals surface area contributed by atoms with Gasteiger partial charge in [0.15, 0.2) is 0 Å². The fourth-order valence-corrected chi connectivity index (χ4v) is 2.70. The first-order valence-corrected chi connectivity index (χ1v) is 8.17. The minimum absolute atomic E-state index is 0.0202. The van der Waals surface area contributed by atoms with Gasteiger partial charge >= 0.3 is 0 Å². The average molecular weight is 353 g/mol. The zero-order chi connectivity index (χ0) is 17.9. The number of non-ortho nitro benzene ring substituents is 1. The van der Waals surface area contributed by atoms with Crippen LogP contribution >= 0.6 is 0 Å². The van der Waals surface area contributed by atoms with E-state index in [4.69, 9.17) is 14.0 Å². The van der Waals surface area contributed by atoms with Crippen molar-refractivity contribution in [1.82, 2.24) is 10.1 Å². The molecule has 1 aliphatic rings. The van der Waals surface area contributed by atoms with Crippen molar-refractivity contribution in [3.63, 3.8) is 0 Å². The van der Waals surface area contributed by atoms with Crippen molar-refractivity contribution < 1.29 is 18.9 Å². The van der Waals surface area contributed by atoms with Crippen molar-refractivity contribution in [2.75, 3.05) is 6.61 Å². The van der Waals surface area contributed by atoms with Crippen LogP contribution in [0.15, 0.2) is 53.1 Å². The van der Waals surface area contributed by atoms with Gasteiger partial charge < -0.3 is 14.0 Å². The topological polar surface area (TPSA) is 101 Å². The van der Waals surface area contributed by atoms with E-state index in [1.165, 1.54) is 12.1 Å². The van der Waals surface area contributed by atoms with Crippen LogP contribution in [0.5, 0.6) is 11.5 Å². The van der Waals surface area contributed by atoms with Crippen molar-refractivity contribution in [3.05, 3.63) is 64.5 Å². The van der Waals surface area contributed by atoms with E-state index in [1.807, 2.05) is 12.1 Å². The predicted octanol–water partition coefficient (Wildman–Crippen LogP) is 4.29. The van der Waals surface area contributed by atoms with Gasteiger partial charge in [-0.05, 0) is 49.2 Å². The number of ether oxygens (including phenoxy) is 2. The molecule has 4 rings (SSSR count). The second-order valence-corrected chi connectivity index (χ2v) is 5.84. The molecule has 26 heavy (non-hydrogen) atoms. The molecule has 2 aromatic carbocycles. The maximum atomic E-state index is 10.7. The largest absolute Gasteiger partial charge is 0.457 e. The Hall–Kier alpha value is -3.26. The highest BCUT2D eigenvalue weighted by molar-refractivity contribution is 5.56. The summed E-state index contributed by atoms with van der Waals surface area (Å²) in [6.45, 7) is 0.719. The summed E-state index contributed by atoms with van der Waals surface area (Å²) >= 11 is 0. The lowest BCUT2D eigenvalue weighted by molar-refractivity contribution is -0.384. The van der Waals surface area contributed by atoms with Crippen LogP contribution in [-0.2, 0) is 4.74 Å². The molecule has 1 unspecified atom stereocenters. The second kappa shape index (κ2) is 6.93. The Kier molecular flexibility index (Phi) is 4.32. The van der Waals surface area contributed by atoms with Gasteiger partial charge in [0.25, 0.3) is 11.6 Å². The van der Waals surface area contributed by atoms with E-state index in [2.05, 4.69) is 10.1 Å². The monoisotopic (exact) mass is 353 g/mol. The highest BCUT2D eigenvalue weighted by atomic mass is 16.6. The zero-order valence-corrected chi connectivity index (χ0v) is 13.7. The molecule has 0 bridgehead atoms. The number of nitro groups is 1. The minimum atomic E-state index is -0.450. The molecule has 8 heteroatoms. The van der Waals surface area contributed by atoms with E-state index in [0.29, 0.717) is 23.2 Å². The Balaban J connectivity index is 1.45. The highest BCUT2D eigenvalue weighted by Gasteiger charge is 2.24. The molecule has 0 aliphatic carbocycles. The van der Waals surface area contributed by atoms with E-state index in [9.17, 15) is 10.1 Å². The van der Waals surface area contributed by atoms with Crippen LogP contribution in [0.3, 0.4) is 0 Å². The number of hydrogen-bond acceptors (Lipinski definition) is 7. The Morgan fingerprint density at radius 1 is 1.08 bits per heavy atom. The van der Waals surface area contributed by atoms with Gasteiger partial charge in [0.05, 0.1) is 4.92 Å². The number of hydrogen-bond donors (Lipinski definition) is 0. The normalized spacial score (nSPS) is 16.5. The Morgan fingerprint density at radius 3 is 2.38 bits per heavy atom. The van der Waals surface area contributed by atoms with E-state index in [1.54, 1.807) is 24.3 Å². The third kappa shape index (κ3) is 3.40. The third-order valence-electron chi connectivity index (χ3n) is 4.04. The quantitative estimate of drug-likeness (QED) is 0.498. The molecule has 8 nitrogen and oxygen atoms in total. The lowest BCUT2D eigenvalue weighted by Gasteiger charge is -2.05. The summed E-state index contributed by atoms with van der Waals surface area (Å²) in [4.78, 5) is 14.6. The first-order chi connectivity index (χ1) is 12.7. The molecular formula is C18H15N3O5. The minimum Gasteiger partial charge on any atom is -0.457 e. The van der Waals surface area contributed by atoms with Gasteiger partial charge in [-0.2, -0.15) is 4.98 Å². The maximum Gasteiger partial charge on any atom is 0.269 e. The van der Waals surface area contributed by atoms with Gasteiger partial charge in [0.1, 0.15) is 17.6 Å². The second-order valence-electron chi connectivity index (χ2n) is 5.84. The van der Waals surface area contributed by atoms with Crippen molar-refractivity contribution in [2.45, 2.75) is 18.9 Å². The van der Waals surface area contributed by atoms with Gasteiger partial charge in [-0.1, -0.05) is 5.16 Å². The number of nitro benzene ring substituents is 1. The predicted molar refractivity (Wildman–Crippen MR) is 90.8 cm³/mol. The fourth-order valence-electron chi connectivity index (χ4n) is 2.70. The van der Waals surface area contributed by atoms with Crippen LogP contribution in [0, 0.1) is 10.1 Å². The van der Waals surface area contributed by atoms with Gasteiger partial charge in [-0.15, -0.1) is 0 Å². The number of aromatic nitrogens is 2.